The van der Waals surface area contributed by atoms with Gasteiger partial charge in [-0.15, -0.1) is 0 Å². The first-order chi connectivity index (χ1) is 13.5. The van der Waals surface area contributed by atoms with Crippen molar-refractivity contribution in [2.75, 3.05) is 37.3 Å². The lowest BCUT2D eigenvalue weighted by Gasteiger charge is -2.35. The van der Waals surface area contributed by atoms with Gasteiger partial charge in [0, 0.05) is 44.2 Å². The van der Waals surface area contributed by atoms with E-state index in [1.807, 2.05) is 0 Å². The van der Waals surface area contributed by atoms with Crippen LogP contribution in [0, 0.1) is 0 Å². The Kier molecular flexibility index (Phi) is 5.77. The van der Waals surface area contributed by atoms with Crippen molar-refractivity contribution < 1.29 is 26.4 Å². The molecule has 1 aliphatic rings. The van der Waals surface area contributed by atoms with Gasteiger partial charge in [-0.1, -0.05) is 11.6 Å². The Morgan fingerprint density at radius 3 is 2.17 bits per heavy atom. The highest BCUT2D eigenvalue weighted by atomic mass is 35.5. The number of carbonyl (C=O) groups is 1. The maximum absolute atomic E-state index is 12.7. The summed E-state index contributed by atoms with van der Waals surface area (Å²) in [6, 6.07) is 6.51. The smallest absolute Gasteiger partial charge is 0.352 e. The van der Waals surface area contributed by atoms with Crippen molar-refractivity contribution in [2.24, 2.45) is 0 Å². The number of piperazine rings is 1. The van der Waals surface area contributed by atoms with Crippen LogP contribution >= 0.6 is 11.6 Å². The molecule has 0 aliphatic carbocycles. The van der Waals surface area contributed by atoms with Crippen LogP contribution < -0.4 is 4.90 Å². The maximum Gasteiger partial charge on any atom is 0.417 e. The summed E-state index contributed by atoms with van der Waals surface area (Å²) in [5.41, 5.74) is -0.561. The number of sulfone groups is 1. The number of alkyl halides is 3. The van der Waals surface area contributed by atoms with Crippen LogP contribution in [0.2, 0.25) is 5.02 Å². The first-order valence-corrected chi connectivity index (χ1v) is 10.8. The molecule has 156 valence electrons. The van der Waals surface area contributed by atoms with E-state index in [9.17, 15) is 26.4 Å². The second-order valence-corrected chi connectivity index (χ2v) is 9.03. The molecule has 3 rings (SSSR count). The second kappa shape index (κ2) is 7.83. The number of hydrogen-bond donors (Lipinski definition) is 0. The first-order valence-electron chi connectivity index (χ1n) is 8.54. The average Bonchev–Trinajstić information content (AvgIpc) is 2.66. The molecule has 1 aliphatic heterocycles. The molecule has 2 heterocycles. The predicted octanol–water partition coefficient (Wildman–Crippen LogP) is 3.12. The number of hydrogen-bond acceptors (Lipinski definition) is 5. The van der Waals surface area contributed by atoms with Crippen molar-refractivity contribution in [2.45, 2.75) is 11.1 Å². The van der Waals surface area contributed by atoms with E-state index in [1.165, 1.54) is 24.3 Å². The molecule has 1 aromatic heterocycles. The van der Waals surface area contributed by atoms with Gasteiger partial charge in [0.05, 0.1) is 15.5 Å². The average molecular weight is 448 g/mol. The number of anilines is 1. The van der Waals surface area contributed by atoms with Gasteiger partial charge in [0.25, 0.3) is 5.91 Å². The van der Waals surface area contributed by atoms with Gasteiger partial charge >= 0.3 is 6.18 Å². The van der Waals surface area contributed by atoms with E-state index in [2.05, 4.69) is 4.98 Å². The van der Waals surface area contributed by atoms with Gasteiger partial charge in [-0.05, 0) is 30.3 Å². The van der Waals surface area contributed by atoms with Crippen LogP contribution in [0.25, 0.3) is 0 Å². The molecule has 0 spiro atoms. The van der Waals surface area contributed by atoms with E-state index in [-0.39, 0.29) is 21.6 Å². The highest BCUT2D eigenvalue weighted by Crippen LogP contribution is 2.33. The van der Waals surface area contributed by atoms with Crippen molar-refractivity contribution in [1.29, 1.82) is 0 Å². The van der Waals surface area contributed by atoms with Crippen LogP contribution in [0.5, 0.6) is 0 Å². The summed E-state index contributed by atoms with van der Waals surface area (Å²) in [6.45, 7) is 1.36. The molecule has 0 saturated carbocycles. The second-order valence-electron chi connectivity index (χ2n) is 6.60. The Labute approximate surface area is 170 Å². The van der Waals surface area contributed by atoms with Crippen molar-refractivity contribution in [3.8, 4) is 0 Å². The van der Waals surface area contributed by atoms with E-state index < -0.39 is 21.6 Å². The first kappa shape index (κ1) is 21.4. The van der Waals surface area contributed by atoms with Gasteiger partial charge in [-0.3, -0.25) is 4.79 Å². The zero-order chi connectivity index (χ0) is 21.4. The lowest BCUT2D eigenvalue weighted by Crippen LogP contribution is -2.49. The lowest BCUT2D eigenvalue weighted by atomic mass is 10.2. The predicted molar refractivity (Wildman–Crippen MR) is 102 cm³/mol. The molecule has 1 saturated heterocycles. The Balaban J connectivity index is 1.67. The summed E-state index contributed by atoms with van der Waals surface area (Å²) < 4.78 is 61.3. The number of amides is 1. The maximum atomic E-state index is 12.7. The topological polar surface area (TPSA) is 70.6 Å². The van der Waals surface area contributed by atoms with Gasteiger partial charge in [0.15, 0.2) is 9.84 Å². The Hall–Kier alpha value is -2.33. The van der Waals surface area contributed by atoms with Crippen LogP contribution in [-0.4, -0.2) is 56.6 Å². The molecule has 2 aromatic rings. The van der Waals surface area contributed by atoms with Crippen molar-refractivity contribution in [1.82, 2.24) is 9.88 Å². The zero-order valence-corrected chi connectivity index (χ0v) is 16.9. The van der Waals surface area contributed by atoms with Gasteiger partial charge < -0.3 is 9.80 Å². The zero-order valence-electron chi connectivity index (χ0n) is 15.3. The number of carbonyl (C=O) groups excluding carboxylic acids is 1. The lowest BCUT2D eigenvalue weighted by molar-refractivity contribution is -0.137. The third kappa shape index (κ3) is 4.81. The van der Waals surface area contributed by atoms with Gasteiger partial charge in [0.1, 0.15) is 5.82 Å². The molecule has 1 amide bonds. The van der Waals surface area contributed by atoms with E-state index in [0.717, 1.165) is 18.5 Å². The molecule has 1 aromatic carbocycles. The Morgan fingerprint density at radius 1 is 1.10 bits per heavy atom. The van der Waals surface area contributed by atoms with Crippen LogP contribution in [0.4, 0.5) is 19.0 Å². The summed E-state index contributed by atoms with van der Waals surface area (Å²) in [5, 5.41) is -0.101. The number of benzene rings is 1. The van der Waals surface area contributed by atoms with Crippen LogP contribution in [0.1, 0.15) is 15.9 Å². The van der Waals surface area contributed by atoms with E-state index >= 15 is 0 Å². The fourth-order valence-electron chi connectivity index (χ4n) is 2.97. The molecule has 11 heteroatoms. The molecular weight excluding hydrogens is 431 g/mol. The van der Waals surface area contributed by atoms with Gasteiger partial charge in [-0.2, -0.15) is 13.2 Å². The van der Waals surface area contributed by atoms with Gasteiger partial charge in [-0.25, -0.2) is 13.4 Å². The largest absolute Gasteiger partial charge is 0.417 e. The van der Waals surface area contributed by atoms with Crippen LogP contribution in [-0.2, 0) is 16.0 Å². The summed E-state index contributed by atoms with van der Waals surface area (Å²) in [6.07, 6.45) is -2.70. The van der Waals surface area contributed by atoms with E-state index in [1.54, 1.807) is 9.80 Å². The highest BCUT2D eigenvalue weighted by molar-refractivity contribution is 7.90. The SMILES string of the molecule is CS(=O)(=O)c1ccc(C(=O)N2CCN(c3ncc(C(F)(F)F)cc3Cl)CC2)cc1. The standard InChI is InChI=1S/C18H17ClF3N3O3S/c1-29(27,28)14-4-2-12(3-5-14)17(26)25-8-6-24(7-9-25)16-15(19)10-13(11-23-16)18(20,21)22/h2-5,10-11H,6-9H2,1H3. The minimum absolute atomic E-state index is 0.101. The highest BCUT2D eigenvalue weighted by Gasteiger charge is 2.32. The third-order valence-electron chi connectivity index (χ3n) is 4.54. The van der Waals surface area contributed by atoms with Gasteiger partial charge in [0.2, 0.25) is 0 Å². The monoisotopic (exact) mass is 447 g/mol. The summed E-state index contributed by atoms with van der Waals surface area (Å²) in [7, 11) is -3.35. The third-order valence-corrected chi connectivity index (χ3v) is 5.95. The summed E-state index contributed by atoms with van der Waals surface area (Å²) in [4.78, 5) is 19.9. The number of rotatable bonds is 3. The van der Waals surface area contributed by atoms with Crippen molar-refractivity contribution in [3.05, 3.63) is 52.7 Å². The molecule has 0 atom stereocenters. The van der Waals surface area contributed by atoms with Crippen molar-refractivity contribution >= 4 is 33.2 Å². The number of pyridine rings is 1. The minimum atomic E-state index is -4.52. The van der Waals surface area contributed by atoms with Crippen LogP contribution in [0.3, 0.4) is 0 Å². The summed E-state index contributed by atoms with van der Waals surface area (Å²) >= 11 is 5.98. The molecule has 0 bridgehead atoms. The molecule has 0 N–H and O–H groups in total. The Bertz CT molecular complexity index is 1020. The number of nitrogens with zero attached hydrogens (tertiary/aromatic N) is 3. The molecule has 1 fully saturated rings. The van der Waals surface area contributed by atoms with Crippen LogP contribution in [0.15, 0.2) is 41.4 Å². The fraction of sp³-hybridized carbons (Fsp3) is 0.333. The molecule has 0 radical (unpaired) electrons. The number of halogens is 4. The fourth-order valence-corrected chi connectivity index (χ4v) is 3.88. The quantitative estimate of drug-likeness (QED) is 0.723. The Morgan fingerprint density at radius 2 is 1.69 bits per heavy atom. The summed E-state index contributed by atoms with van der Waals surface area (Å²) in [5.74, 6) is -0.0135. The molecule has 29 heavy (non-hydrogen) atoms. The van der Waals surface area contributed by atoms with Crippen molar-refractivity contribution in [3.63, 3.8) is 0 Å². The van der Waals surface area contributed by atoms with E-state index in [0.29, 0.717) is 31.7 Å². The molecule has 6 nitrogen and oxygen atoms in total. The van der Waals surface area contributed by atoms with E-state index in [4.69, 9.17) is 11.6 Å². The normalized spacial score (nSPS) is 15.5. The minimum Gasteiger partial charge on any atom is -0.352 e. The number of aromatic nitrogens is 1. The molecular formula is C18H17ClF3N3O3S. The molecule has 0 unspecified atom stereocenters.